The molecule has 1 heterocycles. The van der Waals surface area contributed by atoms with E-state index in [-0.39, 0.29) is 5.91 Å². The molecule has 0 spiro atoms. The fourth-order valence-corrected chi connectivity index (χ4v) is 1.93. The number of hydrogen-bond acceptors (Lipinski definition) is 2. The van der Waals surface area contributed by atoms with Gasteiger partial charge in [-0.1, -0.05) is 16.8 Å². The van der Waals surface area contributed by atoms with E-state index in [9.17, 15) is 4.79 Å². The Morgan fingerprint density at radius 3 is 2.43 bits per heavy atom. The van der Waals surface area contributed by atoms with Crippen LogP contribution in [0.2, 0.25) is 0 Å². The summed E-state index contributed by atoms with van der Waals surface area (Å²) >= 11 is 0. The first-order chi connectivity index (χ1) is 10.1. The molecule has 0 radical (unpaired) electrons. The zero-order chi connectivity index (χ0) is 15.2. The second-order valence-electron chi connectivity index (χ2n) is 4.98. The lowest BCUT2D eigenvalue weighted by Crippen LogP contribution is -2.49. The van der Waals surface area contributed by atoms with Crippen molar-refractivity contribution in [1.29, 1.82) is 0 Å². The van der Waals surface area contributed by atoms with Crippen molar-refractivity contribution in [2.24, 2.45) is 0 Å². The standard InChI is InChI=1S/C17H19N3O/c1-14(21)18-20-13-5-4-6-17(20)12-9-15-7-10-16(11-8-15)19(2)3/h4-13H,1-3H3/p+1. The molecule has 0 bridgehead atoms. The van der Waals surface area contributed by atoms with Gasteiger partial charge in [0.15, 0.2) is 0 Å². The van der Waals surface area contributed by atoms with Gasteiger partial charge < -0.3 is 4.90 Å². The van der Waals surface area contributed by atoms with Gasteiger partial charge in [-0.15, -0.1) is 5.43 Å². The fraction of sp³-hybridized carbons (Fsp3) is 0.176. The molecule has 4 heteroatoms. The van der Waals surface area contributed by atoms with E-state index in [1.54, 1.807) is 4.68 Å². The van der Waals surface area contributed by atoms with E-state index < -0.39 is 0 Å². The Kier molecular flexibility index (Phi) is 4.72. The summed E-state index contributed by atoms with van der Waals surface area (Å²) in [6, 6.07) is 14.0. The zero-order valence-corrected chi connectivity index (χ0v) is 12.6. The largest absolute Gasteiger partial charge is 0.378 e. The predicted octanol–water partition coefficient (Wildman–Crippen LogP) is 2.30. The van der Waals surface area contributed by atoms with Crippen LogP contribution >= 0.6 is 0 Å². The molecule has 1 aromatic heterocycles. The molecule has 4 nitrogen and oxygen atoms in total. The minimum Gasteiger partial charge on any atom is -0.378 e. The summed E-state index contributed by atoms with van der Waals surface area (Å²) in [6.45, 7) is 1.49. The molecule has 0 unspecified atom stereocenters. The number of anilines is 1. The monoisotopic (exact) mass is 282 g/mol. The van der Waals surface area contributed by atoms with Crippen molar-refractivity contribution in [2.45, 2.75) is 6.92 Å². The van der Waals surface area contributed by atoms with E-state index in [0.717, 1.165) is 11.3 Å². The highest BCUT2D eigenvalue weighted by molar-refractivity contribution is 5.79. The van der Waals surface area contributed by atoms with Crippen molar-refractivity contribution < 1.29 is 9.47 Å². The maximum absolute atomic E-state index is 11.2. The molecule has 1 N–H and O–H groups in total. The Bertz CT molecular complexity index is 645. The van der Waals surface area contributed by atoms with Gasteiger partial charge in [0.1, 0.15) is 0 Å². The summed E-state index contributed by atoms with van der Waals surface area (Å²) in [7, 11) is 4.04. The van der Waals surface area contributed by atoms with Crippen LogP contribution in [0.3, 0.4) is 0 Å². The summed E-state index contributed by atoms with van der Waals surface area (Å²) in [5.41, 5.74) is 5.94. The molecule has 1 aromatic carbocycles. The number of carbonyl (C=O) groups is 1. The summed E-state index contributed by atoms with van der Waals surface area (Å²) in [5, 5.41) is 0. The summed E-state index contributed by atoms with van der Waals surface area (Å²) in [6.07, 6.45) is 5.81. The number of amides is 1. The van der Waals surface area contributed by atoms with Gasteiger partial charge in [0.2, 0.25) is 11.9 Å². The fourth-order valence-electron chi connectivity index (χ4n) is 1.93. The van der Waals surface area contributed by atoms with Gasteiger partial charge >= 0.3 is 0 Å². The van der Waals surface area contributed by atoms with Crippen LogP contribution in [0.15, 0.2) is 48.7 Å². The second kappa shape index (κ2) is 6.70. The quantitative estimate of drug-likeness (QED) is 0.874. The van der Waals surface area contributed by atoms with Crippen LogP contribution in [-0.2, 0) is 4.79 Å². The Morgan fingerprint density at radius 1 is 1.10 bits per heavy atom. The number of pyridine rings is 1. The van der Waals surface area contributed by atoms with Gasteiger partial charge in [-0.25, -0.2) is 0 Å². The number of hydrogen-bond donors (Lipinski definition) is 1. The second-order valence-corrected chi connectivity index (χ2v) is 4.98. The van der Waals surface area contributed by atoms with Gasteiger partial charge in [-0.05, 0) is 29.8 Å². The predicted molar refractivity (Wildman–Crippen MR) is 86.4 cm³/mol. The van der Waals surface area contributed by atoms with Crippen LogP contribution in [0.1, 0.15) is 18.2 Å². The van der Waals surface area contributed by atoms with Crippen molar-refractivity contribution >= 4 is 23.7 Å². The number of benzene rings is 1. The Hall–Kier alpha value is -2.62. The third-order valence-corrected chi connectivity index (χ3v) is 3.03. The van der Waals surface area contributed by atoms with Crippen LogP contribution in [-0.4, -0.2) is 20.0 Å². The van der Waals surface area contributed by atoms with Crippen molar-refractivity contribution in [2.75, 3.05) is 24.4 Å². The van der Waals surface area contributed by atoms with E-state index in [4.69, 9.17) is 0 Å². The molecule has 0 aliphatic heterocycles. The minimum absolute atomic E-state index is 0.101. The van der Waals surface area contributed by atoms with Crippen molar-refractivity contribution in [3.05, 3.63) is 59.9 Å². The van der Waals surface area contributed by atoms with E-state index in [0.29, 0.717) is 0 Å². The van der Waals surface area contributed by atoms with Crippen LogP contribution in [0.5, 0.6) is 0 Å². The molecule has 2 aromatic rings. The summed E-state index contributed by atoms with van der Waals surface area (Å²) in [5.74, 6) is -0.101. The van der Waals surface area contributed by atoms with E-state index in [1.165, 1.54) is 12.6 Å². The van der Waals surface area contributed by atoms with Gasteiger partial charge in [0.25, 0.3) is 5.91 Å². The Morgan fingerprint density at radius 2 is 1.81 bits per heavy atom. The Balaban J connectivity index is 2.19. The number of nitrogens with zero attached hydrogens (tertiary/aromatic N) is 2. The van der Waals surface area contributed by atoms with Gasteiger partial charge in [-0.2, -0.15) is 0 Å². The maximum atomic E-state index is 11.2. The molecular weight excluding hydrogens is 262 g/mol. The molecule has 2 rings (SSSR count). The first-order valence-corrected chi connectivity index (χ1v) is 6.80. The number of nitrogens with one attached hydrogen (secondary N) is 1. The smallest absolute Gasteiger partial charge is 0.271 e. The third kappa shape index (κ3) is 4.18. The van der Waals surface area contributed by atoms with Crippen molar-refractivity contribution in [3.63, 3.8) is 0 Å². The van der Waals surface area contributed by atoms with Crippen LogP contribution in [0.25, 0.3) is 12.2 Å². The SMILES string of the molecule is CC(=O)N[n+]1ccccc1C=Cc1ccc(N(C)C)cc1. The third-order valence-electron chi connectivity index (χ3n) is 3.03. The minimum atomic E-state index is -0.101. The zero-order valence-electron chi connectivity index (χ0n) is 12.6. The molecule has 0 atom stereocenters. The molecule has 0 aliphatic carbocycles. The summed E-state index contributed by atoms with van der Waals surface area (Å²) < 4.78 is 1.70. The topological polar surface area (TPSA) is 36.2 Å². The number of carbonyl (C=O) groups excluding carboxylic acids is 1. The first kappa shape index (κ1) is 14.8. The van der Waals surface area contributed by atoms with Crippen LogP contribution in [0.4, 0.5) is 5.69 Å². The molecular formula is C17H20N3O+. The lowest BCUT2D eigenvalue weighted by Gasteiger charge is -2.11. The molecule has 108 valence electrons. The molecule has 1 amide bonds. The first-order valence-electron chi connectivity index (χ1n) is 6.80. The van der Waals surface area contributed by atoms with Crippen molar-refractivity contribution in [3.8, 4) is 0 Å². The average Bonchev–Trinajstić information content (AvgIpc) is 2.46. The van der Waals surface area contributed by atoms with Gasteiger partial charge in [0.05, 0.1) is 0 Å². The van der Waals surface area contributed by atoms with E-state index >= 15 is 0 Å². The molecule has 0 aliphatic rings. The lowest BCUT2D eigenvalue weighted by molar-refractivity contribution is -0.644. The lowest BCUT2D eigenvalue weighted by atomic mass is 10.1. The van der Waals surface area contributed by atoms with Crippen LogP contribution in [0, 0.1) is 0 Å². The van der Waals surface area contributed by atoms with E-state index in [2.05, 4.69) is 34.6 Å². The average molecular weight is 282 g/mol. The highest BCUT2D eigenvalue weighted by atomic mass is 16.2. The van der Waals surface area contributed by atoms with Gasteiger partial charge in [0, 0.05) is 44.9 Å². The number of rotatable bonds is 4. The summed E-state index contributed by atoms with van der Waals surface area (Å²) in [4.78, 5) is 13.2. The molecule has 0 saturated heterocycles. The molecule has 0 fully saturated rings. The highest BCUT2D eigenvalue weighted by Gasteiger charge is 2.07. The highest BCUT2D eigenvalue weighted by Crippen LogP contribution is 2.13. The van der Waals surface area contributed by atoms with E-state index in [1.807, 2.05) is 50.6 Å². The molecule has 0 saturated carbocycles. The maximum Gasteiger partial charge on any atom is 0.271 e. The normalized spacial score (nSPS) is 10.6. The number of aromatic nitrogens is 1. The Labute approximate surface area is 125 Å². The molecule has 21 heavy (non-hydrogen) atoms. The van der Waals surface area contributed by atoms with Crippen molar-refractivity contribution in [1.82, 2.24) is 0 Å². The van der Waals surface area contributed by atoms with Crippen LogP contribution < -0.4 is 15.0 Å². The van der Waals surface area contributed by atoms with Gasteiger partial charge in [-0.3, -0.25) is 4.79 Å².